The van der Waals surface area contributed by atoms with Crippen LogP contribution in [0.1, 0.15) is 21.7 Å². The van der Waals surface area contributed by atoms with Crippen LogP contribution < -0.4 is 10.7 Å². The lowest BCUT2D eigenvalue weighted by Gasteiger charge is -2.08. The molecule has 0 atom stereocenters. The normalized spacial score (nSPS) is 10.5. The van der Waals surface area contributed by atoms with Crippen molar-refractivity contribution in [1.82, 2.24) is 5.32 Å². The van der Waals surface area contributed by atoms with Crippen molar-refractivity contribution < 1.29 is 18.7 Å². The van der Waals surface area contributed by atoms with Crippen molar-refractivity contribution in [2.24, 2.45) is 0 Å². The number of ether oxygens (including phenoxy) is 1. The molecule has 0 aliphatic rings. The molecule has 0 bridgehead atoms. The van der Waals surface area contributed by atoms with E-state index in [0.717, 1.165) is 17.2 Å². The van der Waals surface area contributed by atoms with Gasteiger partial charge in [-0.2, -0.15) is 0 Å². The van der Waals surface area contributed by atoms with Gasteiger partial charge in [-0.25, -0.2) is 4.79 Å². The number of carbonyl (C=O) groups excluding carboxylic acids is 2. The lowest BCUT2D eigenvalue weighted by Crippen LogP contribution is -2.28. The first-order valence-corrected chi connectivity index (χ1v) is 8.06. The number of fused-ring (bicyclic) bond motifs is 1. The molecule has 6 heteroatoms. The number of rotatable bonds is 5. The van der Waals surface area contributed by atoms with Crippen molar-refractivity contribution in [1.29, 1.82) is 0 Å². The summed E-state index contributed by atoms with van der Waals surface area (Å²) in [6.07, 6.45) is 0. The third-order valence-corrected chi connectivity index (χ3v) is 3.91. The van der Waals surface area contributed by atoms with Gasteiger partial charge in [0.25, 0.3) is 5.91 Å². The summed E-state index contributed by atoms with van der Waals surface area (Å²) in [5.74, 6) is -1.54. The molecular formula is C20H17NO5. The molecule has 1 aromatic heterocycles. The van der Waals surface area contributed by atoms with E-state index in [1.54, 1.807) is 24.3 Å². The monoisotopic (exact) mass is 351 g/mol. The first-order chi connectivity index (χ1) is 12.5. The summed E-state index contributed by atoms with van der Waals surface area (Å²) in [6, 6.07) is 15.3. The molecule has 0 aliphatic heterocycles. The number of hydrogen-bond donors (Lipinski definition) is 1. The molecule has 26 heavy (non-hydrogen) atoms. The zero-order valence-electron chi connectivity index (χ0n) is 14.2. The number of benzene rings is 2. The Hall–Kier alpha value is -3.41. The first kappa shape index (κ1) is 17.4. The van der Waals surface area contributed by atoms with E-state index in [9.17, 15) is 14.4 Å². The minimum atomic E-state index is -0.862. The Morgan fingerprint density at radius 3 is 2.62 bits per heavy atom. The summed E-state index contributed by atoms with van der Waals surface area (Å²) in [7, 11) is 0. The van der Waals surface area contributed by atoms with Gasteiger partial charge in [-0.3, -0.25) is 9.59 Å². The predicted octanol–water partition coefficient (Wildman–Crippen LogP) is 2.57. The van der Waals surface area contributed by atoms with Crippen molar-refractivity contribution >= 4 is 22.8 Å². The van der Waals surface area contributed by atoms with Gasteiger partial charge >= 0.3 is 5.97 Å². The molecule has 0 saturated heterocycles. The highest BCUT2D eigenvalue weighted by Gasteiger charge is 2.15. The molecule has 0 saturated carbocycles. The summed E-state index contributed by atoms with van der Waals surface area (Å²) in [5, 5.41) is 3.05. The van der Waals surface area contributed by atoms with Crippen molar-refractivity contribution in [3.8, 4) is 0 Å². The Kier molecular flexibility index (Phi) is 5.12. The quantitative estimate of drug-likeness (QED) is 0.714. The van der Waals surface area contributed by atoms with Gasteiger partial charge in [0, 0.05) is 12.6 Å². The van der Waals surface area contributed by atoms with Crippen LogP contribution in [0, 0.1) is 6.92 Å². The van der Waals surface area contributed by atoms with Crippen molar-refractivity contribution in [2.45, 2.75) is 13.5 Å². The number of amides is 1. The molecule has 0 aliphatic carbocycles. The average molecular weight is 351 g/mol. The lowest BCUT2D eigenvalue weighted by atomic mass is 10.1. The molecule has 3 rings (SSSR count). The van der Waals surface area contributed by atoms with Gasteiger partial charge in [-0.05, 0) is 30.2 Å². The summed E-state index contributed by atoms with van der Waals surface area (Å²) < 4.78 is 10.3. The van der Waals surface area contributed by atoms with Gasteiger partial charge in [-0.1, -0.05) is 36.4 Å². The summed E-state index contributed by atoms with van der Waals surface area (Å²) in [5.41, 5.74) is 1.98. The van der Waals surface area contributed by atoms with E-state index in [1.165, 1.54) is 0 Å². The Morgan fingerprint density at radius 2 is 1.81 bits per heavy atom. The fourth-order valence-electron chi connectivity index (χ4n) is 2.46. The maximum atomic E-state index is 12.0. The molecule has 132 valence electrons. The van der Waals surface area contributed by atoms with Crippen molar-refractivity contribution in [2.75, 3.05) is 6.61 Å². The van der Waals surface area contributed by atoms with Gasteiger partial charge in [-0.15, -0.1) is 0 Å². The molecule has 0 fully saturated rings. The van der Waals surface area contributed by atoms with E-state index in [0.29, 0.717) is 11.9 Å². The second-order valence-corrected chi connectivity index (χ2v) is 5.75. The largest absolute Gasteiger partial charge is 0.450 e. The summed E-state index contributed by atoms with van der Waals surface area (Å²) in [6.45, 7) is 1.83. The minimum absolute atomic E-state index is 0.236. The molecule has 2 aromatic carbocycles. The van der Waals surface area contributed by atoms with Crippen LogP contribution in [0.2, 0.25) is 0 Å². The van der Waals surface area contributed by atoms with Crippen molar-refractivity contribution in [3.63, 3.8) is 0 Å². The highest BCUT2D eigenvalue weighted by atomic mass is 16.5. The fourth-order valence-corrected chi connectivity index (χ4v) is 2.46. The smallest absolute Gasteiger partial charge is 0.374 e. The molecule has 3 aromatic rings. The van der Waals surface area contributed by atoms with E-state index in [1.807, 2.05) is 31.2 Å². The molecule has 0 radical (unpaired) electrons. The van der Waals surface area contributed by atoms with Gasteiger partial charge in [0.15, 0.2) is 12.0 Å². The Bertz CT molecular complexity index is 1020. The van der Waals surface area contributed by atoms with Crippen LogP contribution in [-0.2, 0) is 16.1 Å². The molecule has 0 spiro atoms. The lowest BCUT2D eigenvalue weighted by molar-refractivity contribution is -0.124. The fraction of sp³-hybridized carbons (Fsp3) is 0.150. The first-order valence-electron chi connectivity index (χ1n) is 8.06. The standard InChI is InChI=1S/C20H17NO5/c1-13-6-2-3-7-14(13)11-21-19(23)12-25-20(24)18-10-16(22)15-8-4-5-9-17(15)26-18/h2-10H,11-12H2,1H3,(H,21,23). The van der Waals surface area contributed by atoms with E-state index in [2.05, 4.69) is 5.32 Å². The third kappa shape index (κ3) is 3.97. The van der Waals surface area contributed by atoms with E-state index in [4.69, 9.17) is 9.15 Å². The molecular weight excluding hydrogens is 334 g/mol. The molecule has 1 heterocycles. The van der Waals surface area contributed by atoms with Gasteiger partial charge in [0.05, 0.1) is 5.39 Å². The van der Waals surface area contributed by atoms with Crippen LogP contribution in [0.5, 0.6) is 0 Å². The highest BCUT2D eigenvalue weighted by molar-refractivity contribution is 5.90. The number of nitrogens with one attached hydrogen (secondary N) is 1. The van der Waals surface area contributed by atoms with Crippen LogP contribution in [0.3, 0.4) is 0 Å². The summed E-state index contributed by atoms with van der Waals surface area (Å²) >= 11 is 0. The zero-order chi connectivity index (χ0) is 18.5. The van der Waals surface area contributed by atoms with Crippen LogP contribution in [0.15, 0.2) is 63.8 Å². The number of carbonyl (C=O) groups is 2. The van der Waals surface area contributed by atoms with E-state index >= 15 is 0 Å². The summed E-state index contributed by atoms with van der Waals surface area (Å²) in [4.78, 5) is 35.9. The molecule has 6 nitrogen and oxygen atoms in total. The second kappa shape index (κ2) is 7.65. The van der Waals surface area contributed by atoms with Gasteiger partial charge in [0.1, 0.15) is 5.58 Å². The van der Waals surface area contributed by atoms with Crippen LogP contribution in [0.25, 0.3) is 11.0 Å². The van der Waals surface area contributed by atoms with Crippen LogP contribution >= 0.6 is 0 Å². The minimum Gasteiger partial charge on any atom is -0.450 e. The van der Waals surface area contributed by atoms with Crippen molar-refractivity contribution in [3.05, 3.63) is 81.7 Å². The number of hydrogen-bond acceptors (Lipinski definition) is 5. The number of esters is 1. The second-order valence-electron chi connectivity index (χ2n) is 5.75. The third-order valence-electron chi connectivity index (χ3n) is 3.91. The zero-order valence-corrected chi connectivity index (χ0v) is 14.2. The van der Waals surface area contributed by atoms with Gasteiger partial charge < -0.3 is 14.5 Å². The molecule has 1 N–H and O–H groups in total. The molecule has 0 unspecified atom stereocenters. The molecule has 1 amide bonds. The predicted molar refractivity (Wildman–Crippen MR) is 95.8 cm³/mol. The maximum Gasteiger partial charge on any atom is 0.374 e. The van der Waals surface area contributed by atoms with Crippen LogP contribution in [-0.4, -0.2) is 18.5 Å². The Balaban J connectivity index is 1.59. The Labute approximate surface area is 149 Å². The Morgan fingerprint density at radius 1 is 1.08 bits per heavy atom. The highest BCUT2D eigenvalue weighted by Crippen LogP contribution is 2.12. The average Bonchev–Trinajstić information content (AvgIpc) is 2.65. The van der Waals surface area contributed by atoms with Crippen LogP contribution in [0.4, 0.5) is 0 Å². The topological polar surface area (TPSA) is 85.6 Å². The van der Waals surface area contributed by atoms with Gasteiger partial charge in [0.2, 0.25) is 5.76 Å². The number of para-hydroxylation sites is 1. The van der Waals surface area contributed by atoms with E-state index < -0.39 is 18.5 Å². The SMILES string of the molecule is Cc1ccccc1CNC(=O)COC(=O)c1cc(=O)c2ccccc2o1. The number of aryl methyl sites for hydroxylation is 1. The maximum absolute atomic E-state index is 12.0. The van der Waals surface area contributed by atoms with E-state index in [-0.39, 0.29) is 16.8 Å².